The predicted octanol–water partition coefficient (Wildman–Crippen LogP) is 2.92. The molecule has 0 spiro atoms. The third-order valence-corrected chi connectivity index (χ3v) is 4.15. The molecule has 0 radical (unpaired) electrons. The Morgan fingerprint density at radius 2 is 1.93 bits per heavy atom. The molecule has 2 aromatic carbocycles. The van der Waals surface area contributed by atoms with Crippen LogP contribution in [0.3, 0.4) is 0 Å². The van der Waals surface area contributed by atoms with E-state index in [2.05, 4.69) is 5.32 Å². The molecule has 1 aliphatic heterocycles. The molecule has 0 fully saturated rings. The highest BCUT2D eigenvalue weighted by Gasteiger charge is 2.23. The Bertz CT molecular complexity index is 930. The number of anilines is 2. The summed E-state index contributed by atoms with van der Waals surface area (Å²) in [6.45, 7) is -0.0619. The van der Waals surface area contributed by atoms with Crippen molar-refractivity contribution in [2.75, 3.05) is 23.9 Å². The number of hydrogen-bond acceptors (Lipinski definition) is 4. The zero-order valence-corrected chi connectivity index (χ0v) is 14.4. The van der Waals surface area contributed by atoms with Gasteiger partial charge in [-0.15, -0.1) is 0 Å². The molecule has 1 N–H and O–H groups in total. The van der Waals surface area contributed by atoms with E-state index < -0.39 is 17.5 Å². The molecule has 8 heteroatoms. The highest BCUT2D eigenvalue weighted by Crippen LogP contribution is 2.32. The summed E-state index contributed by atoms with van der Waals surface area (Å²) >= 11 is 0. The molecule has 0 saturated heterocycles. The molecule has 3 rings (SSSR count). The standard InChI is InChI=1S/C19H16F2N2O4/c1-23-15-8-11(2-6-17(15)27-10-19(23)26)16(24)5-7-18(25)22-14-9-12(20)3-4-13(14)21/h2-4,6,8-9H,5,7,10H2,1H3,(H,22,25). The normalized spacial score (nSPS) is 13.0. The summed E-state index contributed by atoms with van der Waals surface area (Å²) in [6, 6.07) is 7.38. The van der Waals surface area contributed by atoms with Crippen LogP contribution in [0.4, 0.5) is 20.2 Å². The van der Waals surface area contributed by atoms with E-state index in [-0.39, 0.29) is 36.8 Å². The first kappa shape index (κ1) is 18.5. The lowest BCUT2D eigenvalue weighted by atomic mass is 10.0. The highest BCUT2D eigenvalue weighted by molar-refractivity contribution is 6.03. The minimum atomic E-state index is -0.765. The number of Topliss-reactive ketones (excluding diaryl/α,β-unsaturated/α-hetero) is 1. The zero-order valence-electron chi connectivity index (χ0n) is 14.4. The molecule has 2 aromatic rings. The summed E-state index contributed by atoms with van der Waals surface area (Å²) in [6.07, 6.45) is -0.322. The molecule has 0 bridgehead atoms. The maximum atomic E-state index is 13.5. The predicted molar refractivity (Wildman–Crippen MR) is 93.9 cm³/mol. The van der Waals surface area contributed by atoms with Gasteiger partial charge in [0.2, 0.25) is 5.91 Å². The van der Waals surface area contributed by atoms with Gasteiger partial charge >= 0.3 is 0 Å². The third kappa shape index (κ3) is 4.11. The van der Waals surface area contributed by atoms with Crippen molar-refractivity contribution in [3.63, 3.8) is 0 Å². The van der Waals surface area contributed by atoms with Gasteiger partial charge in [-0.2, -0.15) is 0 Å². The fraction of sp³-hybridized carbons (Fsp3) is 0.211. The number of likely N-dealkylation sites (N-methyl/N-ethyl adjacent to an activating group) is 1. The van der Waals surface area contributed by atoms with Crippen LogP contribution in [0.2, 0.25) is 0 Å². The molecule has 0 atom stereocenters. The lowest BCUT2D eigenvalue weighted by molar-refractivity contribution is -0.121. The van der Waals surface area contributed by atoms with E-state index in [1.165, 1.54) is 11.0 Å². The fourth-order valence-corrected chi connectivity index (χ4v) is 2.62. The number of carbonyl (C=O) groups is 3. The number of halogens is 2. The lowest BCUT2D eigenvalue weighted by Crippen LogP contribution is -2.35. The number of carbonyl (C=O) groups excluding carboxylic acids is 3. The van der Waals surface area contributed by atoms with Crippen LogP contribution in [0.1, 0.15) is 23.2 Å². The SMILES string of the molecule is CN1C(=O)COc2ccc(C(=O)CCC(=O)Nc3cc(F)ccc3F)cc21. The van der Waals surface area contributed by atoms with Gasteiger partial charge in [0.25, 0.3) is 5.91 Å². The van der Waals surface area contributed by atoms with Crippen molar-refractivity contribution >= 4 is 29.0 Å². The second kappa shape index (κ2) is 7.53. The summed E-state index contributed by atoms with van der Waals surface area (Å²) in [5.74, 6) is -2.12. The second-order valence-corrected chi connectivity index (χ2v) is 6.02. The van der Waals surface area contributed by atoms with Crippen LogP contribution in [0, 0.1) is 11.6 Å². The largest absolute Gasteiger partial charge is 0.482 e. The van der Waals surface area contributed by atoms with Crippen molar-refractivity contribution < 1.29 is 27.9 Å². The second-order valence-electron chi connectivity index (χ2n) is 6.02. The molecule has 0 aromatic heterocycles. The van der Waals surface area contributed by atoms with Crippen LogP contribution >= 0.6 is 0 Å². The van der Waals surface area contributed by atoms with Gasteiger partial charge in [-0.3, -0.25) is 14.4 Å². The zero-order chi connectivity index (χ0) is 19.6. The molecule has 0 aliphatic carbocycles. The van der Waals surface area contributed by atoms with E-state index in [4.69, 9.17) is 4.74 Å². The number of amides is 2. The van der Waals surface area contributed by atoms with Crippen molar-refractivity contribution in [1.29, 1.82) is 0 Å². The summed E-state index contributed by atoms with van der Waals surface area (Å²) in [4.78, 5) is 37.3. The smallest absolute Gasteiger partial charge is 0.264 e. The van der Waals surface area contributed by atoms with Crippen molar-refractivity contribution in [2.45, 2.75) is 12.8 Å². The van der Waals surface area contributed by atoms with Crippen LogP contribution in [0.15, 0.2) is 36.4 Å². The van der Waals surface area contributed by atoms with Gasteiger partial charge in [-0.05, 0) is 30.3 Å². The van der Waals surface area contributed by atoms with Crippen LogP contribution < -0.4 is 15.0 Å². The Labute approximate surface area is 153 Å². The molecular weight excluding hydrogens is 358 g/mol. The quantitative estimate of drug-likeness (QED) is 0.817. The van der Waals surface area contributed by atoms with Gasteiger partial charge in [-0.1, -0.05) is 0 Å². The van der Waals surface area contributed by atoms with E-state index in [9.17, 15) is 23.2 Å². The molecule has 0 unspecified atom stereocenters. The number of hydrogen-bond donors (Lipinski definition) is 1. The number of ether oxygens (including phenoxy) is 1. The van der Waals surface area contributed by atoms with E-state index in [0.29, 0.717) is 17.0 Å². The Balaban J connectivity index is 1.63. The maximum Gasteiger partial charge on any atom is 0.264 e. The lowest BCUT2D eigenvalue weighted by Gasteiger charge is -2.26. The molecule has 1 heterocycles. The average molecular weight is 374 g/mol. The minimum Gasteiger partial charge on any atom is -0.482 e. The van der Waals surface area contributed by atoms with Gasteiger partial charge in [-0.25, -0.2) is 8.78 Å². The monoisotopic (exact) mass is 374 g/mol. The Morgan fingerprint density at radius 1 is 1.15 bits per heavy atom. The van der Waals surface area contributed by atoms with Gasteiger partial charge in [0, 0.05) is 31.5 Å². The molecule has 2 amide bonds. The Hall–Kier alpha value is -3.29. The maximum absolute atomic E-state index is 13.5. The van der Waals surface area contributed by atoms with Gasteiger partial charge in [0.05, 0.1) is 11.4 Å². The first-order valence-electron chi connectivity index (χ1n) is 8.16. The van der Waals surface area contributed by atoms with Crippen molar-refractivity contribution in [1.82, 2.24) is 0 Å². The first-order valence-corrected chi connectivity index (χ1v) is 8.16. The molecule has 27 heavy (non-hydrogen) atoms. The van der Waals surface area contributed by atoms with Crippen molar-refractivity contribution in [3.05, 3.63) is 53.6 Å². The molecule has 140 valence electrons. The van der Waals surface area contributed by atoms with Gasteiger partial charge in [0.15, 0.2) is 12.4 Å². The van der Waals surface area contributed by atoms with E-state index in [0.717, 1.165) is 18.2 Å². The topological polar surface area (TPSA) is 75.7 Å². The molecule has 6 nitrogen and oxygen atoms in total. The van der Waals surface area contributed by atoms with Gasteiger partial charge in [0.1, 0.15) is 17.4 Å². The number of rotatable bonds is 5. The summed E-state index contributed by atoms with van der Waals surface area (Å²) in [5.41, 5.74) is 0.519. The average Bonchev–Trinajstić information content (AvgIpc) is 2.65. The fourth-order valence-electron chi connectivity index (χ4n) is 2.62. The third-order valence-electron chi connectivity index (χ3n) is 4.15. The Kier molecular flexibility index (Phi) is 5.16. The summed E-state index contributed by atoms with van der Waals surface area (Å²) in [5, 5.41) is 2.24. The Morgan fingerprint density at radius 3 is 2.70 bits per heavy atom. The van der Waals surface area contributed by atoms with E-state index in [1.54, 1.807) is 19.2 Å². The minimum absolute atomic E-state index is 0.0619. The number of ketones is 1. The number of nitrogens with zero attached hydrogens (tertiary/aromatic N) is 1. The van der Waals surface area contributed by atoms with Crippen LogP contribution in [0.5, 0.6) is 5.75 Å². The van der Waals surface area contributed by atoms with Crippen LogP contribution in [-0.2, 0) is 9.59 Å². The van der Waals surface area contributed by atoms with Crippen molar-refractivity contribution in [3.8, 4) is 5.75 Å². The van der Waals surface area contributed by atoms with Crippen molar-refractivity contribution in [2.24, 2.45) is 0 Å². The number of nitrogens with one attached hydrogen (secondary N) is 1. The molecular formula is C19H16F2N2O4. The van der Waals surface area contributed by atoms with E-state index in [1.807, 2.05) is 0 Å². The highest BCUT2D eigenvalue weighted by atomic mass is 19.1. The van der Waals surface area contributed by atoms with E-state index >= 15 is 0 Å². The summed E-state index contributed by atoms with van der Waals surface area (Å²) in [7, 11) is 1.58. The molecule has 1 aliphatic rings. The number of fused-ring (bicyclic) bond motifs is 1. The summed E-state index contributed by atoms with van der Waals surface area (Å²) < 4.78 is 31.9. The van der Waals surface area contributed by atoms with Gasteiger partial charge < -0.3 is 15.0 Å². The number of benzene rings is 2. The first-order chi connectivity index (χ1) is 12.8. The van der Waals surface area contributed by atoms with Crippen LogP contribution in [0.25, 0.3) is 0 Å². The van der Waals surface area contributed by atoms with Crippen LogP contribution in [-0.4, -0.2) is 31.3 Å². The molecule has 0 saturated carbocycles.